The average Bonchev–Trinajstić information content (AvgIpc) is 2.60. The van der Waals surface area contributed by atoms with Crippen LogP contribution in [0.3, 0.4) is 0 Å². The minimum Gasteiger partial charge on any atom is -0.335 e. The Morgan fingerprint density at radius 2 is 1.55 bits per heavy atom. The molecule has 8 heteroatoms. The fourth-order valence-corrected chi connectivity index (χ4v) is 6.71. The van der Waals surface area contributed by atoms with Gasteiger partial charge in [0.1, 0.15) is 0 Å². The molecule has 2 heterocycles. The first-order chi connectivity index (χ1) is 14.0. The fourth-order valence-electron chi connectivity index (χ4n) is 5.53. The number of halogens is 1. The Morgan fingerprint density at radius 1 is 1.03 bits per heavy atom. The quantitative estimate of drug-likeness (QED) is 0.154. The lowest BCUT2D eigenvalue weighted by atomic mass is 9.78. The lowest BCUT2D eigenvalue weighted by molar-refractivity contribution is -0.250. The van der Waals surface area contributed by atoms with Crippen molar-refractivity contribution in [2.45, 2.75) is 119 Å². The molecule has 2 fully saturated rings. The van der Waals surface area contributed by atoms with E-state index in [0.717, 1.165) is 6.42 Å². The first kappa shape index (κ1) is 26.7. The summed E-state index contributed by atoms with van der Waals surface area (Å²) < 4.78 is -0.460. The summed E-state index contributed by atoms with van der Waals surface area (Å²) in [6, 6.07) is -0.121. The van der Waals surface area contributed by atoms with Gasteiger partial charge in [0.15, 0.2) is 0 Å². The van der Waals surface area contributed by atoms with Crippen LogP contribution in [0.15, 0.2) is 0 Å². The third-order valence-corrected chi connectivity index (χ3v) is 7.64. The number of carbonyl (C=O) groups is 1. The standard InChI is InChI=1S/C23H41IN4O3/c1-9-10-11-12-26(18-15-21(4,5)27(30)22(6,7)16-18)19(29)25-17-13-20(2,3)28(31)23(8,24)14-17/h1,17-18,30-31H,10-16H2,2-8H3,(H,25,29). The average molecular weight is 549 g/mol. The number of unbranched alkanes of at least 4 members (excludes halogenated alkanes) is 1. The molecule has 2 amide bonds. The SMILES string of the molecule is C#CCCCN(C(=O)NC1CC(C)(C)N(O)C(C)(I)C1)C1CC(C)(C)N(O)C(C)(C)C1. The minimum atomic E-state index is -0.460. The van der Waals surface area contributed by atoms with Gasteiger partial charge in [0.05, 0.1) is 3.55 Å². The summed E-state index contributed by atoms with van der Waals surface area (Å²) in [4.78, 5) is 15.4. The van der Waals surface area contributed by atoms with E-state index in [1.807, 2.05) is 53.4 Å². The van der Waals surface area contributed by atoms with Crippen LogP contribution in [0.4, 0.5) is 4.79 Å². The number of hydrogen-bond donors (Lipinski definition) is 3. The van der Waals surface area contributed by atoms with E-state index in [-0.39, 0.29) is 18.1 Å². The molecule has 0 saturated carbocycles. The molecule has 2 saturated heterocycles. The van der Waals surface area contributed by atoms with Crippen molar-refractivity contribution in [2.24, 2.45) is 0 Å². The Labute approximate surface area is 202 Å². The van der Waals surface area contributed by atoms with Crippen LogP contribution in [0.5, 0.6) is 0 Å². The first-order valence-electron chi connectivity index (χ1n) is 11.2. The maximum atomic E-state index is 13.5. The van der Waals surface area contributed by atoms with Gasteiger partial charge in [-0.05, 0) is 80.6 Å². The zero-order valence-corrected chi connectivity index (χ0v) is 22.4. The van der Waals surface area contributed by atoms with Crippen LogP contribution < -0.4 is 5.32 Å². The molecular formula is C23H41IN4O3. The predicted octanol–water partition coefficient (Wildman–Crippen LogP) is 4.61. The molecule has 2 atom stereocenters. The molecule has 0 spiro atoms. The smallest absolute Gasteiger partial charge is 0.317 e. The van der Waals surface area contributed by atoms with E-state index in [0.29, 0.717) is 38.6 Å². The van der Waals surface area contributed by atoms with Crippen LogP contribution in [0.2, 0.25) is 0 Å². The molecule has 2 unspecified atom stereocenters. The molecule has 7 nitrogen and oxygen atoms in total. The van der Waals surface area contributed by atoms with Gasteiger partial charge >= 0.3 is 6.03 Å². The molecule has 0 aromatic carbocycles. The third-order valence-electron chi connectivity index (χ3n) is 6.75. The number of urea groups is 1. The highest BCUT2D eigenvalue weighted by atomic mass is 127. The highest BCUT2D eigenvalue weighted by molar-refractivity contribution is 14.1. The van der Waals surface area contributed by atoms with Crippen molar-refractivity contribution in [1.82, 2.24) is 20.3 Å². The molecule has 0 radical (unpaired) electrons. The summed E-state index contributed by atoms with van der Waals surface area (Å²) in [5.41, 5.74) is -1.32. The molecule has 3 N–H and O–H groups in total. The number of amides is 2. The highest BCUT2D eigenvalue weighted by Gasteiger charge is 2.49. The van der Waals surface area contributed by atoms with Crippen LogP contribution in [-0.4, -0.2) is 70.3 Å². The molecule has 0 aromatic rings. The number of hydroxylamine groups is 4. The van der Waals surface area contributed by atoms with E-state index >= 15 is 0 Å². The summed E-state index contributed by atoms with van der Waals surface area (Å²) in [5, 5.41) is 27.4. The molecule has 31 heavy (non-hydrogen) atoms. The number of rotatable bonds is 5. The second kappa shape index (κ2) is 9.34. The predicted molar refractivity (Wildman–Crippen MR) is 131 cm³/mol. The van der Waals surface area contributed by atoms with Crippen molar-refractivity contribution in [3.05, 3.63) is 0 Å². The monoisotopic (exact) mass is 548 g/mol. The van der Waals surface area contributed by atoms with Gasteiger partial charge in [0, 0.05) is 41.7 Å². The third kappa shape index (κ3) is 6.05. The molecular weight excluding hydrogens is 507 g/mol. The topological polar surface area (TPSA) is 79.3 Å². The Morgan fingerprint density at radius 3 is 2.03 bits per heavy atom. The Bertz CT molecular complexity index is 665. The van der Waals surface area contributed by atoms with Crippen molar-refractivity contribution in [3.63, 3.8) is 0 Å². The number of nitrogens with one attached hydrogen (secondary N) is 1. The molecule has 0 bridgehead atoms. The Kier molecular flexibility index (Phi) is 8.03. The van der Waals surface area contributed by atoms with E-state index in [2.05, 4.69) is 33.8 Å². The second-order valence-corrected chi connectivity index (χ2v) is 13.6. The van der Waals surface area contributed by atoms with Crippen LogP contribution >= 0.6 is 22.6 Å². The van der Waals surface area contributed by atoms with Crippen LogP contribution in [0.1, 0.15) is 87.0 Å². The summed E-state index contributed by atoms with van der Waals surface area (Å²) in [6.07, 6.45) is 9.51. The minimum absolute atomic E-state index is 0.00287. The van der Waals surface area contributed by atoms with Gasteiger partial charge in [-0.1, -0.05) is 22.6 Å². The number of alkyl halides is 1. The first-order valence-corrected chi connectivity index (χ1v) is 12.3. The molecule has 0 aliphatic carbocycles. The number of hydrogen-bond acceptors (Lipinski definition) is 5. The van der Waals surface area contributed by atoms with Crippen molar-refractivity contribution in [3.8, 4) is 12.3 Å². The van der Waals surface area contributed by atoms with Crippen molar-refractivity contribution in [1.29, 1.82) is 0 Å². The molecule has 0 aromatic heterocycles. The molecule has 2 aliphatic rings. The summed E-state index contributed by atoms with van der Waals surface area (Å²) in [5.74, 6) is 2.67. The van der Waals surface area contributed by atoms with Crippen molar-refractivity contribution >= 4 is 28.6 Å². The molecule has 2 aliphatic heterocycles. The van der Waals surface area contributed by atoms with Crippen LogP contribution in [-0.2, 0) is 0 Å². The summed E-state index contributed by atoms with van der Waals surface area (Å²) in [7, 11) is 0. The number of piperidine rings is 2. The Balaban J connectivity index is 2.22. The highest BCUT2D eigenvalue weighted by Crippen LogP contribution is 2.42. The van der Waals surface area contributed by atoms with Gasteiger partial charge < -0.3 is 20.6 Å². The summed E-state index contributed by atoms with van der Waals surface area (Å²) in [6.45, 7) is 14.6. The lowest BCUT2D eigenvalue weighted by Crippen LogP contribution is -2.65. The van der Waals surface area contributed by atoms with E-state index in [4.69, 9.17) is 6.42 Å². The van der Waals surface area contributed by atoms with Crippen LogP contribution in [0, 0.1) is 12.3 Å². The van der Waals surface area contributed by atoms with Gasteiger partial charge in [-0.3, -0.25) is 0 Å². The second-order valence-electron chi connectivity index (χ2n) is 11.3. The zero-order chi connectivity index (χ0) is 23.8. The maximum Gasteiger partial charge on any atom is 0.317 e. The van der Waals surface area contributed by atoms with Gasteiger partial charge in [-0.2, -0.15) is 10.1 Å². The number of terminal acetylenes is 1. The summed E-state index contributed by atoms with van der Waals surface area (Å²) >= 11 is 2.26. The van der Waals surface area contributed by atoms with Crippen molar-refractivity contribution in [2.75, 3.05) is 6.54 Å². The Hall–Kier alpha value is -0.600. The van der Waals surface area contributed by atoms with E-state index < -0.39 is 20.2 Å². The van der Waals surface area contributed by atoms with Gasteiger partial charge in [0.25, 0.3) is 0 Å². The largest absolute Gasteiger partial charge is 0.335 e. The van der Waals surface area contributed by atoms with E-state index in [1.54, 1.807) is 0 Å². The lowest BCUT2D eigenvalue weighted by Gasteiger charge is -2.54. The molecule has 2 rings (SSSR count). The van der Waals surface area contributed by atoms with Crippen LogP contribution in [0.25, 0.3) is 0 Å². The van der Waals surface area contributed by atoms with Crippen molar-refractivity contribution < 1.29 is 15.2 Å². The zero-order valence-electron chi connectivity index (χ0n) is 20.2. The van der Waals surface area contributed by atoms with E-state index in [1.165, 1.54) is 10.1 Å². The molecule has 178 valence electrons. The van der Waals surface area contributed by atoms with Gasteiger partial charge in [-0.25, -0.2) is 4.79 Å². The number of nitrogens with zero attached hydrogens (tertiary/aromatic N) is 3. The van der Waals surface area contributed by atoms with Gasteiger partial charge in [0.2, 0.25) is 0 Å². The normalized spacial score (nSPS) is 31.1. The fraction of sp³-hybridized carbons (Fsp3) is 0.870. The van der Waals surface area contributed by atoms with Gasteiger partial charge in [-0.15, -0.1) is 12.3 Å². The van der Waals surface area contributed by atoms with E-state index in [9.17, 15) is 15.2 Å². The maximum absolute atomic E-state index is 13.5. The number of carbonyl (C=O) groups excluding carboxylic acids is 1.